The van der Waals surface area contributed by atoms with Gasteiger partial charge < -0.3 is 19.9 Å². The standard InChI is InChI=1S/C20H24FN3O3/c1-15-2-4-16(5-3-15)13-27-19(26)24-10-7-20(21,8-11-24)14-23-18(25)17-6-9-22-12-17/h2-6,9,12,22H,7-8,10-11,13-14H2,1H3,(H,23,25). The number of carbonyl (C=O) groups excluding carboxylic acids is 2. The zero-order valence-electron chi connectivity index (χ0n) is 15.3. The second-order valence-electron chi connectivity index (χ2n) is 6.96. The molecule has 144 valence electrons. The lowest BCUT2D eigenvalue weighted by atomic mass is 9.93. The zero-order chi connectivity index (χ0) is 19.3. The van der Waals surface area contributed by atoms with Crippen molar-refractivity contribution >= 4 is 12.0 Å². The predicted octanol–water partition coefficient (Wildman–Crippen LogP) is 3.19. The monoisotopic (exact) mass is 373 g/mol. The van der Waals surface area contributed by atoms with Crippen molar-refractivity contribution in [1.82, 2.24) is 15.2 Å². The molecule has 7 heteroatoms. The molecular formula is C20H24FN3O3. The molecule has 1 saturated heterocycles. The fourth-order valence-electron chi connectivity index (χ4n) is 2.99. The van der Waals surface area contributed by atoms with E-state index in [1.54, 1.807) is 18.5 Å². The number of halogens is 1. The summed E-state index contributed by atoms with van der Waals surface area (Å²) in [5.41, 5.74) is 1.01. The highest BCUT2D eigenvalue weighted by atomic mass is 19.1. The molecule has 0 radical (unpaired) electrons. The summed E-state index contributed by atoms with van der Waals surface area (Å²) in [6.07, 6.45) is 3.10. The number of aromatic nitrogens is 1. The Labute approximate surface area is 157 Å². The Bertz CT molecular complexity index is 766. The molecular weight excluding hydrogens is 349 g/mol. The number of likely N-dealkylation sites (tertiary alicyclic amines) is 1. The maximum atomic E-state index is 14.9. The van der Waals surface area contributed by atoms with Crippen molar-refractivity contribution in [3.05, 3.63) is 59.4 Å². The second-order valence-corrected chi connectivity index (χ2v) is 6.96. The van der Waals surface area contributed by atoms with Gasteiger partial charge in [0.05, 0.1) is 12.1 Å². The van der Waals surface area contributed by atoms with Crippen molar-refractivity contribution in [2.45, 2.75) is 32.0 Å². The summed E-state index contributed by atoms with van der Waals surface area (Å²) in [6, 6.07) is 9.39. The van der Waals surface area contributed by atoms with Gasteiger partial charge in [0.25, 0.3) is 5.91 Å². The van der Waals surface area contributed by atoms with Gasteiger partial charge in [-0.25, -0.2) is 9.18 Å². The highest BCUT2D eigenvalue weighted by Crippen LogP contribution is 2.26. The number of piperidine rings is 1. The molecule has 3 rings (SSSR count). The number of benzene rings is 1. The number of hydrogen-bond acceptors (Lipinski definition) is 3. The van der Waals surface area contributed by atoms with Crippen LogP contribution in [0.4, 0.5) is 9.18 Å². The molecule has 0 aliphatic carbocycles. The van der Waals surface area contributed by atoms with Crippen LogP contribution in [0.25, 0.3) is 0 Å². The van der Waals surface area contributed by atoms with E-state index >= 15 is 0 Å². The third kappa shape index (κ3) is 5.09. The minimum Gasteiger partial charge on any atom is -0.445 e. The molecule has 0 spiro atoms. The number of amides is 2. The molecule has 1 fully saturated rings. The van der Waals surface area contributed by atoms with E-state index in [4.69, 9.17) is 4.74 Å². The molecule has 0 bridgehead atoms. The molecule has 6 nitrogen and oxygen atoms in total. The highest BCUT2D eigenvalue weighted by molar-refractivity contribution is 5.93. The minimum atomic E-state index is -1.51. The van der Waals surface area contributed by atoms with Gasteiger partial charge in [0, 0.05) is 38.3 Å². The van der Waals surface area contributed by atoms with E-state index in [0.717, 1.165) is 11.1 Å². The van der Waals surface area contributed by atoms with Gasteiger partial charge in [0.1, 0.15) is 12.3 Å². The molecule has 0 unspecified atom stereocenters. The lowest BCUT2D eigenvalue weighted by Gasteiger charge is -2.35. The van der Waals surface area contributed by atoms with Crippen LogP contribution in [0.15, 0.2) is 42.7 Å². The van der Waals surface area contributed by atoms with Crippen LogP contribution in [0.3, 0.4) is 0 Å². The van der Waals surface area contributed by atoms with Gasteiger partial charge in [-0.05, 0) is 18.6 Å². The van der Waals surface area contributed by atoms with E-state index in [9.17, 15) is 14.0 Å². The van der Waals surface area contributed by atoms with Crippen molar-refractivity contribution in [2.24, 2.45) is 0 Å². The average Bonchev–Trinajstić information content (AvgIpc) is 3.21. The number of H-pyrrole nitrogens is 1. The Morgan fingerprint density at radius 3 is 2.56 bits per heavy atom. The number of hydrogen-bond donors (Lipinski definition) is 2. The van der Waals surface area contributed by atoms with Crippen LogP contribution in [0.5, 0.6) is 0 Å². The fourth-order valence-corrected chi connectivity index (χ4v) is 2.99. The van der Waals surface area contributed by atoms with Crippen molar-refractivity contribution in [2.75, 3.05) is 19.6 Å². The Morgan fingerprint density at radius 2 is 1.93 bits per heavy atom. The quantitative estimate of drug-likeness (QED) is 0.845. The van der Waals surface area contributed by atoms with E-state index in [-0.39, 0.29) is 45.0 Å². The van der Waals surface area contributed by atoms with Crippen LogP contribution < -0.4 is 5.32 Å². The van der Waals surface area contributed by atoms with Gasteiger partial charge in [-0.15, -0.1) is 0 Å². The van der Waals surface area contributed by atoms with E-state index in [1.807, 2.05) is 31.2 Å². The lowest BCUT2D eigenvalue weighted by Crippen LogP contribution is -2.49. The molecule has 0 saturated carbocycles. The first-order chi connectivity index (χ1) is 13.0. The Morgan fingerprint density at radius 1 is 1.22 bits per heavy atom. The van der Waals surface area contributed by atoms with Crippen LogP contribution in [0.1, 0.15) is 34.3 Å². The fraction of sp³-hybridized carbons (Fsp3) is 0.400. The second kappa shape index (κ2) is 8.24. The van der Waals surface area contributed by atoms with Gasteiger partial charge in [-0.2, -0.15) is 0 Å². The van der Waals surface area contributed by atoms with Gasteiger partial charge in [-0.1, -0.05) is 29.8 Å². The number of aromatic amines is 1. The van der Waals surface area contributed by atoms with Crippen LogP contribution in [0, 0.1) is 6.92 Å². The summed E-state index contributed by atoms with van der Waals surface area (Å²) < 4.78 is 20.2. The number of nitrogens with one attached hydrogen (secondary N) is 2. The van der Waals surface area contributed by atoms with Crippen molar-refractivity contribution < 1.29 is 18.7 Å². The Kier molecular flexibility index (Phi) is 5.78. The third-order valence-corrected chi connectivity index (χ3v) is 4.83. The third-order valence-electron chi connectivity index (χ3n) is 4.83. The topological polar surface area (TPSA) is 74.4 Å². The summed E-state index contributed by atoms with van der Waals surface area (Å²) in [5, 5.41) is 2.62. The first kappa shape index (κ1) is 18.9. The molecule has 1 aromatic carbocycles. The summed E-state index contributed by atoms with van der Waals surface area (Å²) >= 11 is 0. The van der Waals surface area contributed by atoms with Crippen LogP contribution in [0.2, 0.25) is 0 Å². The Hall–Kier alpha value is -2.83. The van der Waals surface area contributed by atoms with Crippen molar-refractivity contribution in [1.29, 1.82) is 0 Å². The van der Waals surface area contributed by atoms with E-state index in [2.05, 4.69) is 10.3 Å². The van der Waals surface area contributed by atoms with Gasteiger partial charge in [0.15, 0.2) is 0 Å². The van der Waals surface area contributed by atoms with Crippen molar-refractivity contribution in [3.63, 3.8) is 0 Å². The molecule has 2 amide bonds. The predicted molar refractivity (Wildman–Crippen MR) is 99.1 cm³/mol. The number of ether oxygens (including phenoxy) is 1. The smallest absolute Gasteiger partial charge is 0.410 e. The molecule has 1 aromatic heterocycles. The molecule has 0 atom stereocenters. The highest BCUT2D eigenvalue weighted by Gasteiger charge is 2.36. The average molecular weight is 373 g/mol. The summed E-state index contributed by atoms with van der Waals surface area (Å²) in [5.74, 6) is -0.312. The summed E-state index contributed by atoms with van der Waals surface area (Å²) in [7, 11) is 0. The van der Waals surface area contributed by atoms with Crippen molar-refractivity contribution in [3.8, 4) is 0 Å². The summed E-state index contributed by atoms with van der Waals surface area (Å²) in [6.45, 7) is 2.66. The number of alkyl halides is 1. The van der Waals surface area contributed by atoms with E-state index < -0.39 is 11.8 Å². The van der Waals surface area contributed by atoms with E-state index in [0.29, 0.717) is 5.56 Å². The maximum Gasteiger partial charge on any atom is 0.410 e. The largest absolute Gasteiger partial charge is 0.445 e. The summed E-state index contributed by atoms with van der Waals surface area (Å²) in [4.78, 5) is 28.4. The van der Waals surface area contributed by atoms with Gasteiger partial charge in [-0.3, -0.25) is 4.79 Å². The minimum absolute atomic E-state index is 0.0662. The number of carbonyl (C=O) groups is 2. The van der Waals surface area contributed by atoms with Crippen LogP contribution in [-0.2, 0) is 11.3 Å². The Balaban J connectivity index is 1.42. The lowest BCUT2D eigenvalue weighted by molar-refractivity contribution is 0.0398. The molecule has 2 N–H and O–H groups in total. The molecule has 2 heterocycles. The molecule has 27 heavy (non-hydrogen) atoms. The molecule has 1 aliphatic heterocycles. The van der Waals surface area contributed by atoms with Gasteiger partial charge in [0.2, 0.25) is 0 Å². The SMILES string of the molecule is Cc1ccc(COC(=O)N2CCC(F)(CNC(=O)c3cc[nH]c3)CC2)cc1. The van der Waals surface area contributed by atoms with E-state index in [1.165, 1.54) is 4.90 Å². The first-order valence-corrected chi connectivity index (χ1v) is 9.02. The zero-order valence-corrected chi connectivity index (χ0v) is 15.3. The molecule has 2 aromatic rings. The number of nitrogens with zero attached hydrogens (tertiary/aromatic N) is 1. The maximum absolute atomic E-state index is 14.9. The van der Waals surface area contributed by atoms with Crippen LogP contribution in [-0.4, -0.2) is 47.2 Å². The number of aryl methyl sites for hydroxylation is 1. The first-order valence-electron chi connectivity index (χ1n) is 9.02. The van der Waals surface area contributed by atoms with Gasteiger partial charge >= 0.3 is 6.09 Å². The molecule has 1 aliphatic rings. The van der Waals surface area contributed by atoms with Crippen LogP contribution >= 0.6 is 0 Å². The number of rotatable bonds is 5. The normalized spacial score (nSPS) is 16.0.